The molecule has 0 N–H and O–H groups in total. The summed E-state index contributed by atoms with van der Waals surface area (Å²) in [5, 5.41) is 0. The summed E-state index contributed by atoms with van der Waals surface area (Å²) in [6.45, 7) is 2.10. The number of esters is 1. The molecule has 3 aromatic rings. The molecule has 5 heteroatoms. The van der Waals surface area contributed by atoms with Gasteiger partial charge in [0.05, 0.1) is 17.0 Å². The lowest BCUT2D eigenvalue weighted by Gasteiger charge is -2.07. The van der Waals surface area contributed by atoms with Gasteiger partial charge in [-0.3, -0.25) is 0 Å². The third-order valence-electron chi connectivity index (χ3n) is 3.26. The Morgan fingerprint density at radius 2 is 2.00 bits per heavy atom. The number of pyridine rings is 1. The highest BCUT2D eigenvalue weighted by atomic mass is 79.9. The molecule has 0 saturated heterocycles. The average molecular weight is 345 g/mol. The van der Waals surface area contributed by atoms with Crippen molar-refractivity contribution in [3.05, 3.63) is 70.1 Å². The zero-order valence-electron chi connectivity index (χ0n) is 11.4. The molecule has 0 saturated carbocycles. The third-order valence-corrected chi connectivity index (χ3v) is 3.95. The average Bonchev–Trinajstić information content (AvgIpc) is 2.81. The number of aryl methyl sites for hydroxylation is 1. The Labute approximate surface area is 130 Å². The fourth-order valence-electron chi connectivity index (χ4n) is 2.18. The minimum Gasteiger partial charge on any atom is -0.456 e. The van der Waals surface area contributed by atoms with Gasteiger partial charge in [0.15, 0.2) is 0 Å². The van der Waals surface area contributed by atoms with E-state index < -0.39 is 0 Å². The van der Waals surface area contributed by atoms with Crippen LogP contribution in [0.4, 0.5) is 0 Å². The van der Waals surface area contributed by atoms with Gasteiger partial charge in [-0.2, -0.15) is 0 Å². The van der Waals surface area contributed by atoms with Crippen LogP contribution in [0, 0.1) is 6.92 Å². The molecule has 0 aliphatic heterocycles. The number of benzene rings is 1. The summed E-state index contributed by atoms with van der Waals surface area (Å²) in [4.78, 5) is 16.6. The first-order chi connectivity index (χ1) is 10.2. The molecule has 0 fully saturated rings. The van der Waals surface area contributed by atoms with Gasteiger partial charge in [-0.1, -0.05) is 18.2 Å². The van der Waals surface area contributed by atoms with Crippen molar-refractivity contribution in [3.63, 3.8) is 0 Å². The zero-order chi connectivity index (χ0) is 14.8. The Morgan fingerprint density at radius 3 is 2.81 bits per heavy atom. The lowest BCUT2D eigenvalue weighted by atomic mass is 10.2. The summed E-state index contributed by atoms with van der Waals surface area (Å²) in [5.74, 6) is -0.354. The van der Waals surface area contributed by atoms with Gasteiger partial charge in [0, 0.05) is 10.7 Å². The Morgan fingerprint density at radius 1 is 1.24 bits per heavy atom. The van der Waals surface area contributed by atoms with E-state index in [9.17, 15) is 4.79 Å². The summed E-state index contributed by atoms with van der Waals surface area (Å²) in [6, 6.07) is 13.0. The second-order valence-corrected chi connectivity index (χ2v) is 5.48. The zero-order valence-corrected chi connectivity index (χ0v) is 13.0. The fraction of sp³-hybridized carbons (Fsp3) is 0.125. The van der Waals surface area contributed by atoms with E-state index >= 15 is 0 Å². The largest absolute Gasteiger partial charge is 0.456 e. The maximum absolute atomic E-state index is 12.1. The van der Waals surface area contributed by atoms with E-state index in [1.54, 1.807) is 12.1 Å². The Bertz CT molecular complexity index is 811. The maximum atomic E-state index is 12.1. The van der Waals surface area contributed by atoms with Crippen molar-refractivity contribution in [1.29, 1.82) is 0 Å². The van der Waals surface area contributed by atoms with Crippen LogP contribution in [-0.4, -0.2) is 15.4 Å². The summed E-state index contributed by atoms with van der Waals surface area (Å²) < 4.78 is 8.07. The van der Waals surface area contributed by atoms with Crippen molar-refractivity contribution in [2.24, 2.45) is 0 Å². The van der Waals surface area contributed by atoms with Crippen LogP contribution < -0.4 is 0 Å². The van der Waals surface area contributed by atoms with Gasteiger partial charge < -0.3 is 9.14 Å². The van der Waals surface area contributed by atoms with E-state index in [0.29, 0.717) is 5.56 Å². The van der Waals surface area contributed by atoms with Crippen LogP contribution >= 0.6 is 15.9 Å². The van der Waals surface area contributed by atoms with Gasteiger partial charge in [-0.15, -0.1) is 0 Å². The molecule has 0 bridgehead atoms. The molecule has 0 unspecified atom stereocenters. The number of hydrogen-bond donors (Lipinski definition) is 0. The summed E-state index contributed by atoms with van der Waals surface area (Å²) >= 11 is 3.35. The van der Waals surface area contributed by atoms with E-state index in [-0.39, 0.29) is 12.6 Å². The number of aromatic nitrogens is 2. The molecule has 0 atom stereocenters. The molecule has 21 heavy (non-hydrogen) atoms. The van der Waals surface area contributed by atoms with Crippen LogP contribution in [0.1, 0.15) is 21.7 Å². The van der Waals surface area contributed by atoms with Gasteiger partial charge in [-0.25, -0.2) is 9.78 Å². The van der Waals surface area contributed by atoms with Gasteiger partial charge in [0.25, 0.3) is 0 Å². The van der Waals surface area contributed by atoms with Gasteiger partial charge in [0.2, 0.25) is 0 Å². The highest BCUT2D eigenvalue weighted by Gasteiger charge is 2.14. The minimum absolute atomic E-state index is 0.192. The van der Waals surface area contributed by atoms with Crippen molar-refractivity contribution in [1.82, 2.24) is 9.38 Å². The van der Waals surface area contributed by atoms with Crippen molar-refractivity contribution < 1.29 is 9.53 Å². The molecule has 1 aromatic carbocycles. The molecule has 3 rings (SSSR count). The molecule has 106 valence electrons. The molecule has 2 heterocycles. The number of imidazole rings is 1. The summed E-state index contributed by atoms with van der Waals surface area (Å²) in [6.07, 6.45) is 1.91. The number of hydrogen-bond acceptors (Lipinski definition) is 3. The smallest absolute Gasteiger partial charge is 0.339 e. The fourth-order valence-corrected chi connectivity index (χ4v) is 2.62. The second-order valence-electron chi connectivity index (χ2n) is 4.63. The molecule has 2 aromatic heterocycles. The van der Waals surface area contributed by atoms with E-state index in [0.717, 1.165) is 21.5 Å². The lowest BCUT2D eigenvalue weighted by Crippen LogP contribution is -2.08. The monoisotopic (exact) mass is 344 g/mol. The molecular weight excluding hydrogens is 332 g/mol. The number of carbonyl (C=O) groups excluding carboxylic acids is 1. The van der Waals surface area contributed by atoms with Crippen LogP contribution in [0.25, 0.3) is 5.65 Å². The van der Waals surface area contributed by atoms with Crippen molar-refractivity contribution in [3.8, 4) is 0 Å². The van der Waals surface area contributed by atoms with E-state index in [4.69, 9.17) is 4.74 Å². The van der Waals surface area contributed by atoms with Crippen LogP contribution in [0.15, 0.2) is 53.1 Å². The van der Waals surface area contributed by atoms with Crippen LogP contribution in [0.5, 0.6) is 0 Å². The van der Waals surface area contributed by atoms with E-state index in [1.165, 1.54) is 0 Å². The topological polar surface area (TPSA) is 43.6 Å². The number of ether oxygens (including phenoxy) is 1. The number of rotatable bonds is 3. The van der Waals surface area contributed by atoms with Crippen LogP contribution in [0.2, 0.25) is 0 Å². The predicted octanol–water partition coefficient (Wildman–Crippen LogP) is 3.76. The third kappa shape index (κ3) is 2.69. The normalized spacial score (nSPS) is 10.8. The molecule has 0 spiro atoms. The number of nitrogens with zero attached hydrogens (tertiary/aromatic N) is 2. The van der Waals surface area contributed by atoms with E-state index in [1.807, 2.05) is 47.9 Å². The van der Waals surface area contributed by atoms with Gasteiger partial charge in [0.1, 0.15) is 12.3 Å². The standard InChI is InChI=1S/C16H13BrN2O2/c1-11-14(19-9-5-4-8-15(19)18-11)10-21-16(20)12-6-2-3-7-13(12)17/h2-9H,10H2,1H3. The number of carbonyl (C=O) groups is 1. The van der Waals surface area contributed by atoms with Crippen LogP contribution in [0.3, 0.4) is 0 Å². The highest BCUT2D eigenvalue weighted by Crippen LogP contribution is 2.18. The van der Waals surface area contributed by atoms with E-state index in [2.05, 4.69) is 20.9 Å². The first-order valence-electron chi connectivity index (χ1n) is 6.51. The maximum Gasteiger partial charge on any atom is 0.339 e. The number of halogens is 1. The van der Waals surface area contributed by atoms with Gasteiger partial charge >= 0.3 is 5.97 Å². The molecule has 0 aliphatic rings. The predicted molar refractivity (Wildman–Crippen MR) is 83.2 cm³/mol. The van der Waals surface area contributed by atoms with Crippen molar-refractivity contribution >= 4 is 27.5 Å². The molecule has 0 amide bonds. The highest BCUT2D eigenvalue weighted by molar-refractivity contribution is 9.10. The second kappa shape index (κ2) is 5.69. The number of fused-ring (bicyclic) bond motifs is 1. The Hall–Kier alpha value is -2.14. The quantitative estimate of drug-likeness (QED) is 0.679. The summed E-state index contributed by atoms with van der Waals surface area (Å²) in [5.41, 5.74) is 3.11. The van der Waals surface area contributed by atoms with Gasteiger partial charge in [-0.05, 0) is 47.1 Å². The van der Waals surface area contributed by atoms with Crippen molar-refractivity contribution in [2.45, 2.75) is 13.5 Å². The molecule has 0 aliphatic carbocycles. The molecule has 0 radical (unpaired) electrons. The molecule has 4 nitrogen and oxygen atoms in total. The summed E-state index contributed by atoms with van der Waals surface area (Å²) in [7, 11) is 0. The first kappa shape index (κ1) is 13.8. The molecular formula is C16H13BrN2O2. The SMILES string of the molecule is Cc1nc2ccccn2c1COC(=O)c1ccccc1Br. The first-order valence-corrected chi connectivity index (χ1v) is 7.30. The van der Waals surface area contributed by atoms with Crippen LogP contribution in [-0.2, 0) is 11.3 Å². The Kier molecular flexibility index (Phi) is 3.75. The Balaban J connectivity index is 1.82. The minimum atomic E-state index is -0.354. The van der Waals surface area contributed by atoms with Crippen molar-refractivity contribution in [2.75, 3.05) is 0 Å². The lowest BCUT2D eigenvalue weighted by molar-refractivity contribution is 0.0465.